The molecule has 0 bridgehead atoms. The maximum Gasteiger partial charge on any atom is 0.255 e. The molecule has 1 heterocycles. The van der Waals surface area contributed by atoms with Crippen molar-refractivity contribution in [2.45, 2.75) is 6.54 Å². The third-order valence-corrected chi connectivity index (χ3v) is 1.72. The van der Waals surface area contributed by atoms with Gasteiger partial charge in [-0.1, -0.05) is 0 Å². The molecule has 1 rings (SSSR count). The zero-order valence-corrected chi connectivity index (χ0v) is 8.32. The summed E-state index contributed by atoms with van der Waals surface area (Å²) < 4.78 is 6.75. The van der Waals surface area contributed by atoms with Crippen LogP contribution >= 0.6 is 0 Å². The van der Waals surface area contributed by atoms with Crippen LogP contribution in [0.2, 0.25) is 0 Å². The molecule has 0 spiro atoms. The highest BCUT2D eigenvalue weighted by Gasteiger charge is 2.04. The van der Waals surface area contributed by atoms with Gasteiger partial charge in [0.05, 0.1) is 19.9 Å². The lowest BCUT2D eigenvalue weighted by atomic mass is 10.5. The van der Waals surface area contributed by atoms with E-state index in [0.29, 0.717) is 11.6 Å². The molecule has 0 saturated heterocycles. The van der Waals surface area contributed by atoms with Gasteiger partial charge >= 0.3 is 0 Å². The largest absolute Gasteiger partial charge is 0.478 e. The van der Waals surface area contributed by atoms with E-state index in [1.165, 1.54) is 0 Å². The number of anilines is 1. The minimum absolute atomic E-state index is 0.499. The molecule has 2 N–H and O–H groups in total. The fourth-order valence-electron chi connectivity index (χ4n) is 0.995. The van der Waals surface area contributed by atoms with Crippen molar-refractivity contribution >= 4 is 5.69 Å². The Kier molecular flexibility index (Phi) is 3.13. The average Bonchev–Trinajstić information content (AvgIpc) is 2.43. The summed E-state index contributed by atoms with van der Waals surface area (Å²) in [4.78, 5) is 2.09. The Morgan fingerprint density at radius 2 is 2.31 bits per heavy atom. The van der Waals surface area contributed by atoms with Gasteiger partial charge in [0.1, 0.15) is 5.69 Å². The second kappa shape index (κ2) is 4.13. The van der Waals surface area contributed by atoms with E-state index in [9.17, 15) is 0 Å². The third kappa shape index (κ3) is 2.62. The SMILES string of the molecule is COc1nn(CCN(C)C)cc1N. The summed E-state index contributed by atoms with van der Waals surface area (Å²) in [5.41, 5.74) is 6.22. The maximum absolute atomic E-state index is 5.64. The zero-order valence-electron chi connectivity index (χ0n) is 8.32. The van der Waals surface area contributed by atoms with Crippen LogP contribution in [0.3, 0.4) is 0 Å². The molecule has 0 saturated carbocycles. The number of nitrogens with two attached hydrogens (primary N) is 1. The van der Waals surface area contributed by atoms with Gasteiger partial charge in [-0.15, -0.1) is 5.10 Å². The van der Waals surface area contributed by atoms with Gasteiger partial charge in [0, 0.05) is 6.54 Å². The Hall–Kier alpha value is -1.23. The molecule has 0 aliphatic rings. The lowest BCUT2D eigenvalue weighted by Gasteiger charge is -2.08. The Balaban J connectivity index is 2.57. The quantitative estimate of drug-likeness (QED) is 0.717. The monoisotopic (exact) mass is 184 g/mol. The highest BCUT2D eigenvalue weighted by Crippen LogP contribution is 2.16. The van der Waals surface area contributed by atoms with Crippen molar-refractivity contribution in [3.63, 3.8) is 0 Å². The Bertz CT molecular complexity index is 269. The normalized spacial score (nSPS) is 10.8. The predicted molar refractivity (Wildman–Crippen MR) is 51.7 cm³/mol. The fourth-order valence-corrected chi connectivity index (χ4v) is 0.995. The molecular weight excluding hydrogens is 168 g/mol. The number of hydrogen-bond acceptors (Lipinski definition) is 4. The lowest BCUT2D eigenvalue weighted by Crippen LogP contribution is -2.18. The minimum Gasteiger partial charge on any atom is -0.478 e. The van der Waals surface area contributed by atoms with Crippen LogP contribution in [-0.4, -0.2) is 42.4 Å². The van der Waals surface area contributed by atoms with Gasteiger partial charge in [-0.25, -0.2) is 0 Å². The molecular formula is C8H16N4O. The number of aromatic nitrogens is 2. The first-order valence-corrected chi connectivity index (χ1v) is 4.15. The van der Waals surface area contributed by atoms with E-state index in [0.717, 1.165) is 13.1 Å². The number of ether oxygens (including phenoxy) is 1. The van der Waals surface area contributed by atoms with Crippen LogP contribution < -0.4 is 10.5 Å². The fraction of sp³-hybridized carbons (Fsp3) is 0.625. The summed E-state index contributed by atoms with van der Waals surface area (Å²) >= 11 is 0. The van der Waals surface area contributed by atoms with Crippen molar-refractivity contribution in [2.24, 2.45) is 0 Å². The van der Waals surface area contributed by atoms with E-state index in [1.807, 2.05) is 14.1 Å². The van der Waals surface area contributed by atoms with Crippen LogP contribution in [0.25, 0.3) is 0 Å². The summed E-state index contributed by atoms with van der Waals surface area (Å²) in [6.07, 6.45) is 1.78. The van der Waals surface area contributed by atoms with E-state index in [4.69, 9.17) is 10.5 Å². The molecule has 0 aromatic carbocycles. The molecule has 5 nitrogen and oxygen atoms in total. The van der Waals surface area contributed by atoms with Crippen LogP contribution in [0.4, 0.5) is 5.69 Å². The van der Waals surface area contributed by atoms with E-state index < -0.39 is 0 Å². The Morgan fingerprint density at radius 3 is 2.77 bits per heavy atom. The van der Waals surface area contributed by atoms with Gasteiger partial charge in [-0.3, -0.25) is 4.68 Å². The maximum atomic E-state index is 5.64. The predicted octanol–water partition coefficient (Wildman–Crippen LogP) is 0.0355. The topological polar surface area (TPSA) is 56.3 Å². The molecule has 0 atom stereocenters. The number of likely N-dealkylation sites (N-methyl/N-ethyl adjacent to an activating group) is 1. The highest BCUT2D eigenvalue weighted by molar-refractivity contribution is 5.45. The summed E-state index contributed by atoms with van der Waals surface area (Å²) in [7, 11) is 5.60. The molecule has 0 aliphatic heterocycles. The number of rotatable bonds is 4. The Labute approximate surface area is 78.1 Å². The van der Waals surface area contributed by atoms with Crippen LogP contribution in [0.15, 0.2) is 6.20 Å². The summed E-state index contributed by atoms with van der Waals surface area (Å²) in [5, 5.41) is 4.14. The third-order valence-electron chi connectivity index (χ3n) is 1.72. The summed E-state index contributed by atoms with van der Waals surface area (Å²) in [6, 6.07) is 0. The molecule has 5 heteroatoms. The van der Waals surface area contributed by atoms with Crippen molar-refractivity contribution in [2.75, 3.05) is 33.5 Å². The van der Waals surface area contributed by atoms with Gasteiger partial charge in [0.25, 0.3) is 5.88 Å². The van der Waals surface area contributed by atoms with Crippen LogP contribution in [-0.2, 0) is 6.54 Å². The van der Waals surface area contributed by atoms with Crippen LogP contribution in [0, 0.1) is 0 Å². The van der Waals surface area contributed by atoms with Crippen molar-refractivity contribution in [3.05, 3.63) is 6.20 Å². The molecule has 0 aliphatic carbocycles. The van der Waals surface area contributed by atoms with Crippen molar-refractivity contribution in [3.8, 4) is 5.88 Å². The molecule has 0 radical (unpaired) electrons. The van der Waals surface area contributed by atoms with Gasteiger partial charge in [-0.2, -0.15) is 0 Å². The zero-order chi connectivity index (χ0) is 9.84. The molecule has 1 aromatic heterocycles. The Morgan fingerprint density at radius 1 is 1.62 bits per heavy atom. The number of nitrogens with zero attached hydrogens (tertiary/aromatic N) is 3. The van der Waals surface area contributed by atoms with Crippen molar-refractivity contribution in [1.82, 2.24) is 14.7 Å². The molecule has 13 heavy (non-hydrogen) atoms. The minimum atomic E-state index is 0.499. The standard InChI is InChI=1S/C8H16N4O/c1-11(2)4-5-12-6-7(9)8(10-12)13-3/h6H,4-5,9H2,1-3H3. The number of nitrogen functional groups attached to an aromatic ring is 1. The molecule has 0 unspecified atom stereocenters. The van der Waals surface area contributed by atoms with E-state index in [2.05, 4.69) is 10.00 Å². The highest BCUT2D eigenvalue weighted by atomic mass is 16.5. The van der Waals surface area contributed by atoms with Crippen LogP contribution in [0.1, 0.15) is 0 Å². The van der Waals surface area contributed by atoms with E-state index in [-0.39, 0.29) is 0 Å². The smallest absolute Gasteiger partial charge is 0.255 e. The number of hydrogen-bond donors (Lipinski definition) is 1. The van der Waals surface area contributed by atoms with Gasteiger partial charge in [-0.05, 0) is 14.1 Å². The van der Waals surface area contributed by atoms with Gasteiger partial charge in [0.15, 0.2) is 0 Å². The van der Waals surface area contributed by atoms with Crippen LogP contribution in [0.5, 0.6) is 5.88 Å². The first-order valence-electron chi connectivity index (χ1n) is 4.15. The number of methoxy groups -OCH3 is 1. The first kappa shape index (κ1) is 9.85. The van der Waals surface area contributed by atoms with Gasteiger partial charge in [0.2, 0.25) is 0 Å². The molecule has 1 aromatic rings. The lowest BCUT2D eigenvalue weighted by molar-refractivity contribution is 0.358. The second-order valence-electron chi connectivity index (χ2n) is 3.16. The molecule has 0 amide bonds. The second-order valence-corrected chi connectivity index (χ2v) is 3.16. The summed E-state index contributed by atoms with van der Waals surface area (Å²) in [5.74, 6) is 0.499. The van der Waals surface area contributed by atoms with Crippen molar-refractivity contribution in [1.29, 1.82) is 0 Å². The van der Waals surface area contributed by atoms with E-state index >= 15 is 0 Å². The van der Waals surface area contributed by atoms with Crippen molar-refractivity contribution < 1.29 is 4.74 Å². The van der Waals surface area contributed by atoms with Gasteiger partial charge < -0.3 is 15.4 Å². The first-order chi connectivity index (χ1) is 6.13. The summed E-state index contributed by atoms with van der Waals surface area (Å²) in [6.45, 7) is 1.75. The molecule has 74 valence electrons. The average molecular weight is 184 g/mol. The van der Waals surface area contributed by atoms with E-state index in [1.54, 1.807) is 18.0 Å². The molecule has 0 fully saturated rings.